The lowest BCUT2D eigenvalue weighted by molar-refractivity contribution is -0.117. The van der Waals surface area contributed by atoms with Crippen LogP contribution in [0.5, 0.6) is 0 Å². The molecule has 2 amide bonds. The third kappa shape index (κ3) is 4.82. The van der Waals surface area contributed by atoms with E-state index in [0.29, 0.717) is 13.0 Å². The normalized spacial score (nSPS) is 16.5. The van der Waals surface area contributed by atoms with Gasteiger partial charge in [-0.1, -0.05) is 18.2 Å². The molecule has 0 aromatic heterocycles. The number of hydrogen-bond donors (Lipinski definition) is 1. The summed E-state index contributed by atoms with van der Waals surface area (Å²) in [5.41, 5.74) is 4.19. The molecule has 2 aliphatic rings. The molecule has 0 saturated carbocycles. The van der Waals surface area contributed by atoms with E-state index in [0.717, 1.165) is 44.0 Å². The van der Waals surface area contributed by atoms with Crippen molar-refractivity contribution in [2.75, 3.05) is 48.3 Å². The molecule has 0 spiro atoms. The SMILES string of the molecule is CN(CC(=O)Nc1ccc(N2CCCC2=O)cc1)Cc1ccccc1N1CCCC1. The summed E-state index contributed by atoms with van der Waals surface area (Å²) in [6, 6.07) is 16.0. The summed E-state index contributed by atoms with van der Waals surface area (Å²) in [7, 11) is 1.97. The molecule has 0 atom stereocenters. The summed E-state index contributed by atoms with van der Waals surface area (Å²) < 4.78 is 0. The van der Waals surface area contributed by atoms with Gasteiger partial charge in [-0.25, -0.2) is 0 Å². The minimum absolute atomic E-state index is 0.0406. The van der Waals surface area contributed by atoms with Gasteiger partial charge in [0.1, 0.15) is 0 Å². The first kappa shape index (κ1) is 20.4. The lowest BCUT2D eigenvalue weighted by Crippen LogP contribution is -2.30. The van der Waals surface area contributed by atoms with Gasteiger partial charge in [0.25, 0.3) is 0 Å². The lowest BCUT2D eigenvalue weighted by Gasteiger charge is -2.24. The van der Waals surface area contributed by atoms with Crippen LogP contribution in [0.25, 0.3) is 0 Å². The van der Waals surface area contributed by atoms with Crippen LogP contribution in [-0.4, -0.2) is 49.9 Å². The maximum Gasteiger partial charge on any atom is 0.238 e. The Morgan fingerprint density at radius 3 is 2.43 bits per heavy atom. The van der Waals surface area contributed by atoms with Crippen molar-refractivity contribution in [3.63, 3.8) is 0 Å². The predicted molar refractivity (Wildman–Crippen MR) is 121 cm³/mol. The third-order valence-electron chi connectivity index (χ3n) is 5.83. The monoisotopic (exact) mass is 406 g/mol. The Morgan fingerprint density at radius 1 is 1.00 bits per heavy atom. The number of para-hydroxylation sites is 1. The molecule has 6 nitrogen and oxygen atoms in total. The first-order valence-electron chi connectivity index (χ1n) is 10.8. The minimum atomic E-state index is -0.0406. The number of nitrogens with zero attached hydrogens (tertiary/aromatic N) is 3. The smallest absolute Gasteiger partial charge is 0.238 e. The fourth-order valence-corrected chi connectivity index (χ4v) is 4.35. The van der Waals surface area contributed by atoms with Gasteiger partial charge in [-0.15, -0.1) is 0 Å². The van der Waals surface area contributed by atoms with E-state index < -0.39 is 0 Å². The third-order valence-corrected chi connectivity index (χ3v) is 5.83. The molecule has 0 bridgehead atoms. The van der Waals surface area contributed by atoms with E-state index in [1.54, 1.807) is 4.90 Å². The molecule has 2 aliphatic heterocycles. The highest BCUT2D eigenvalue weighted by Gasteiger charge is 2.21. The van der Waals surface area contributed by atoms with Crippen LogP contribution in [0, 0.1) is 0 Å². The van der Waals surface area contributed by atoms with Gasteiger partial charge in [0.15, 0.2) is 0 Å². The Hall–Kier alpha value is -2.86. The standard InChI is InChI=1S/C24H30N4O2/c1-26(17-19-7-2-3-8-22(19)27-14-4-5-15-27)18-23(29)25-20-10-12-21(13-11-20)28-16-6-9-24(28)30/h2-3,7-8,10-13H,4-6,9,14-18H2,1H3,(H,25,29). The average molecular weight is 407 g/mol. The summed E-state index contributed by atoms with van der Waals surface area (Å²) in [6.45, 7) is 4.05. The van der Waals surface area contributed by atoms with Gasteiger partial charge in [0, 0.05) is 49.7 Å². The quantitative estimate of drug-likeness (QED) is 0.765. The molecule has 2 saturated heterocycles. The van der Waals surface area contributed by atoms with Crippen LogP contribution in [0.1, 0.15) is 31.2 Å². The number of likely N-dealkylation sites (N-methyl/N-ethyl adjacent to an activating group) is 1. The van der Waals surface area contributed by atoms with Crippen LogP contribution in [-0.2, 0) is 16.1 Å². The molecule has 1 N–H and O–H groups in total. The maximum atomic E-state index is 12.5. The number of rotatable bonds is 7. The van der Waals surface area contributed by atoms with Gasteiger partial charge in [-0.05, 0) is 62.2 Å². The highest BCUT2D eigenvalue weighted by Crippen LogP contribution is 2.26. The fourth-order valence-electron chi connectivity index (χ4n) is 4.35. The fraction of sp³-hybridized carbons (Fsp3) is 0.417. The number of benzene rings is 2. The second kappa shape index (κ2) is 9.30. The van der Waals surface area contributed by atoms with Gasteiger partial charge >= 0.3 is 0 Å². The molecule has 158 valence electrons. The van der Waals surface area contributed by atoms with Crippen LogP contribution >= 0.6 is 0 Å². The van der Waals surface area contributed by atoms with Crippen LogP contribution in [0.2, 0.25) is 0 Å². The van der Waals surface area contributed by atoms with Crippen molar-refractivity contribution in [2.24, 2.45) is 0 Å². The van der Waals surface area contributed by atoms with Crippen molar-refractivity contribution in [3.05, 3.63) is 54.1 Å². The Bertz CT molecular complexity index is 890. The zero-order valence-corrected chi connectivity index (χ0v) is 17.6. The molecule has 0 radical (unpaired) electrons. The first-order chi connectivity index (χ1) is 14.6. The van der Waals surface area contributed by atoms with Crippen LogP contribution in [0.15, 0.2) is 48.5 Å². The molecule has 2 fully saturated rings. The van der Waals surface area contributed by atoms with Crippen molar-refractivity contribution in [2.45, 2.75) is 32.2 Å². The Labute approximate surface area is 178 Å². The number of carbonyl (C=O) groups is 2. The van der Waals surface area contributed by atoms with Crippen LogP contribution in [0.4, 0.5) is 17.1 Å². The number of amides is 2. The molecule has 0 aliphatic carbocycles. The number of anilines is 3. The summed E-state index contributed by atoms with van der Waals surface area (Å²) in [5, 5.41) is 2.96. The zero-order valence-electron chi connectivity index (χ0n) is 17.6. The van der Waals surface area contributed by atoms with Crippen molar-refractivity contribution < 1.29 is 9.59 Å². The van der Waals surface area contributed by atoms with Crippen molar-refractivity contribution in [1.82, 2.24) is 4.90 Å². The molecule has 0 unspecified atom stereocenters. The number of carbonyl (C=O) groups excluding carboxylic acids is 2. The molecule has 2 heterocycles. The molecule has 2 aromatic rings. The molecular weight excluding hydrogens is 376 g/mol. The summed E-state index contributed by atoms with van der Waals surface area (Å²) in [4.78, 5) is 30.7. The van der Waals surface area contributed by atoms with Gasteiger partial charge < -0.3 is 15.1 Å². The summed E-state index contributed by atoms with van der Waals surface area (Å²) >= 11 is 0. The van der Waals surface area contributed by atoms with Gasteiger partial charge in [-0.2, -0.15) is 0 Å². The van der Waals surface area contributed by atoms with Gasteiger partial charge in [0.05, 0.1) is 6.54 Å². The molecule has 4 rings (SSSR count). The van der Waals surface area contributed by atoms with Gasteiger partial charge in [-0.3, -0.25) is 14.5 Å². The molecule has 30 heavy (non-hydrogen) atoms. The van der Waals surface area contributed by atoms with E-state index in [-0.39, 0.29) is 11.8 Å². The number of nitrogens with one attached hydrogen (secondary N) is 1. The van der Waals surface area contributed by atoms with Crippen LogP contribution < -0.4 is 15.1 Å². The predicted octanol–water partition coefficient (Wildman–Crippen LogP) is 3.48. The van der Waals surface area contributed by atoms with E-state index in [2.05, 4.69) is 34.5 Å². The highest BCUT2D eigenvalue weighted by atomic mass is 16.2. The second-order valence-corrected chi connectivity index (χ2v) is 8.24. The minimum Gasteiger partial charge on any atom is -0.371 e. The van der Waals surface area contributed by atoms with Crippen molar-refractivity contribution in [3.8, 4) is 0 Å². The topological polar surface area (TPSA) is 55.9 Å². The Kier molecular flexibility index (Phi) is 6.33. The maximum absolute atomic E-state index is 12.5. The van der Waals surface area contributed by atoms with Crippen molar-refractivity contribution >= 4 is 28.9 Å². The zero-order chi connectivity index (χ0) is 20.9. The van der Waals surface area contributed by atoms with Crippen LogP contribution in [0.3, 0.4) is 0 Å². The van der Waals surface area contributed by atoms with Crippen molar-refractivity contribution in [1.29, 1.82) is 0 Å². The molecule has 2 aromatic carbocycles. The Morgan fingerprint density at radius 2 is 1.73 bits per heavy atom. The summed E-state index contributed by atoms with van der Waals surface area (Å²) in [5.74, 6) is 0.128. The van der Waals surface area contributed by atoms with E-state index in [1.807, 2.05) is 36.2 Å². The Balaban J connectivity index is 1.31. The molecule has 6 heteroatoms. The average Bonchev–Trinajstić information content (AvgIpc) is 3.41. The largest absolute Gasteiger partial charge is 0.371 e. The van der Waals surface area contributed by atoms with E-state index in [9.17, 15) is 9.59 Å². The summed E-state index contributed by atoms with van der Waals surface area (Å²) in [6.07, 6.45) is 4.02. The van der Waals surface area contributed by atoms with E-state index in [4.69, 9.17) is 0 Å². The van der Waals surface area contributed by atoms with Gasteiger partial charge in [0.2, 0.25) is 11.8 Å². The van der Waals surface area contributed by atoms with E-state index >= 15 is 0 Å². The number of hydrogen-bond acceptors (Lipinski definition) is 4. The van der Waals surface area contributed by atoms with E-state index in [1.165, 1.54) is 24.1 Å². The molecular formula is C24H30N4O2. The second-order valence-electron chi connectivity index (χ2n) is 8.24. The highest BCUT2D eigenvalue weighted by molar-refractivity contribution is 5.96. The first-order valence-corrected chi connectivity index (χ1v) is 10.8. The lowest BCUT2D eigenvalue weighted by atomic mass is 10.1.